The van der Waals surface area contributed by atoms with Crippen LogP contribution in [0.2, 0.25) is 5.02 Å². The van der Waals surface area contributed by atoms with Crippen LogP contribution in [0.1, 0.15) is 31.5 Å². The molecule has 3 rings (SSSR count). The van der Waals surface area contributed by atoms with Crippen LogP contribution in [-0.2, 0) is 12.4 Å². The average molecular weight is 326 g/mol. The number of hydrogen-bond donors (Lipinski definition) is 0. The molecular weight excluding hydrogens is 305 g/mol. The van der Waals surface area contributed by atoms with Crippen molar-refractivity contribution in [1.82, 2.24) is 14.5 Å². The summed E-state index contributed by atoms with van der Waals surface area (Å²) in [4.78, 5) is 7.06. The predicted octanol–water partition coefficient (Wildman–Crippen LogP) is 4.30. The zero-order valence-corrected chi connectivity index (χ0v) is 13.9. The number of alkyl halides is 1. The van der Waals surface area contributed by atoms with E-state index in [0.717, 1.165) is 36.0 Å². The third-order valence-electron chi connectivity index (χ3n) is 4.55. The van der Waals surface area contributed by atoms with Crippen molar-refractivity contribution in [2.24, 2.45) is 0 Å². The Bertz CT molecular complexity index is 617. The number of halogens is 2. The number of para-hydroxylation sites is 1. The topological polar surface area (TPSA) is 21.1 Å². The van der Waals surface area contributed by atoms with E-state index in [4.69, 9.17) is 23.2 Å². The molecule has 1 fully saturated rings. The molecule has 1 aromatic carbocycles. The summed E-state index contributed by atoms with van der Waals surface area (Å²) in [5.74, 6) is 1.32. The lowest BCUT2D eigenvalue weighted by molar-refractivity contribution is 0.236. The molecule has 5 heteroatoms. The molecule has 0 unspecified atom stereocenters. The maximum atomic E-state index is 6.24. The minimum atomic E-state index is 0.415. The van der Waals surface area contributed by atoms with Crippen molar-refractivity contribution in [1.29, 1.82) is 0 Å². The number of aromatic nitrogens is 2. The van der Waals surface area contributed by atoms with Crippen LogP contribution in [0.5, 0.6) is 0 Å². The molecule has 2 aromatic rings. The molecule has 0 bridgehead atoms. The molecule has 0 aliphatic heterocycles. The Morgan fingerprint density at radius 1 is 1.33 bits per heavy atom. The normalized spacial score (nSPS) is 16.4. The van der Waals surface area contributed by atoms with Gasteiger partial charge in [0, 0.05) is 19.1 Å². The molecule has 1 heterocycles. The first-order chi connectivity index (χ1) is 10.2. The van der Waals surface area contributed by atoms with E-state index in [-0.39, 0.29) is 0 Å². The van der Waals surface area contributed by atoms with Gasteiger partial charge in [-0.1, -0.05) is 30.5 Å². The van der Waals surface area contributed by atoms with Gasteiger partial charge in [0.2, 0.25) is 0 Å². The van der Waals surface area contributed by atoms with Crippen LogP contribution in [-0.4, -0.2) is 34.1 Å². The second kappa shape index (κ2) is 6.55. The van der Waals surface area contributed by atoms with Gasteiger partial charge >= 0.3 is 0 Å². The van der Waals surface area contributed by atoms with Crippen molar-refractivity contribution in [3.05, 3.63) is 29.0 Å². The Kier molecular flexibility index (Phi) is 4.72. The van der Waals surface area contributed by atoms with E-state index in [0.29, 0.717) is 10.9 Å². The Morgan fingerprint density at radius 2 is 2.10 bits per heavy atom. The molecule has 1 aliphatic carbocycles. The molecule has 21 heavy (non-hydrogen) atoms. The van der Waals surface area contributed by atoms with Crippen LogP contribution in [0.25, 0.3) is 11.0 Å². The molecule has 3 nitrogen and oxygen atoms in total. The second-order valence-electron chi connectivity index (χ2n) is 5.84. The first kappa shape index (κ1) is 15.1. The summed E-state index contributed by atoms with van der Waals surface area (Å²) in [5, 5.41) is 0.696. The van der Waals surface area contributed by atoms with Gasteiger partial charge in [-0.05, 0) is 32.0 Å². The van der Waals surface area contributed by atoms with Gasteiger partial charge in [0.1, 0.15) is 11.3 Å². The second-order valence-corrected chi connectivity index (χ2v) is 6.51. The maximum Gasteiger partial charge on any atom is 0.124 e. The van der Waals surface area contributed by atoms with Crippen molar-refractivity contribution >= 4 is 34.2 Å². The third kappa shape index (κ3) is 3.05. The fourth-order valence-corrected chi connectivity index (χ4v) is 3.71. The smallest absolute Gasteiger partial charge is 0.124 e. The van der Waals surface area contributed by atoms with E-state index in [1.165, 1.54) is 25.7 Å². The van der Waals surface area contributed by atoms with Crippen LogP contribution >= 0.6 is 23.2 Å². The van der Waals surface area contributed by atoms with Gasteiger partial charge in [0.05, 0.1) is 16.4 Å². The van der Waals surface area contributed by atoms with Crippen LogP contribution in [0.4, 0.5) is 0 Å². The third-order valence-corrected chi connectivity index (χ3v) is 5.10. The van der Waals surface area contributed by atoms with E-state index in [9.17, 15) is 0 Å². The number of likely N-dealkylation sites (N-methyl/N-ethyl adjacent to an activating group) is 1. The lowest BCUT2D eigenvalue weighted by atomic mass is 10.2. The van der Waals surface area contributed by atoms with E-state index >= 15 is 0 Å². The van der Waals surface area contributed by atoms with Crippen molar-refractivity contribution in [2.75, 3.05) is 13.6 Å². The highest BCUT2D eigenvalue weighted by Crippen LogP contribution is 2.26. The van der Waals surface area contributed by atoms with Crippen LogP contribution in [0.15, 0.2) is 18.2 Å². The Labute approximate surface area is 135 Å². The average Bonchev–Trinajstić information content (AvgIpc) is 3.13. The molecular formula is C16H21Cl2N3. The molecule has 114 valence electrons. The van der Waals surface area contributed by atoms with Crippen molar-refractivity contribution in [3.63, 3.8) is 0 Å². The lowest BCUT2D eigenvalue weighted by Gasteiger charge is -2.24. The molecule has 0 radical (unpaired) electrons. The summed E-state index contributed by atoms with van der Waals surface area (Å²) in [5.41, 5.74) is 1.94. The molecule has 1 aromatic heterocycles. The van der Waals surface area contributed by atoms with Crippen molar-refractivity contribution < 1.29 is 0 Å². The molecule has 0 spiro atoms. The van der Waals surface area contributed by atoms with Crippen LogP contribution < -0.4 is 0 Å². The summed E-state index contributed by atoms with van der Waals surface area (Å²) in [6.07, 6.45) is 5.39. The minimum absolute atomic E-state index is 0.415. The number of rotatable bonds is 5. The first-order valence-electron chi connectivity index (χ1n) is 7.60. The molecule has 1 saturated carbocycles. The van der Waals surface area contributed by atoms with Crippen molar-refractivity contribution in [2.45, 2.75) is 44.1 Å². The highest BCUT2D eigenvalue weighted by Gasteiger charge is 2.20. The summed E-state index contributed by atoms with van der Waals surface area (Å²) in [6.45, 7) is 1.93. The number of fused-ring (bicyclic) bond motifs is 1. The van der Waals surface area contributed by atoms with Gasteiger partial charge in [0.25, 0.3) is 0 Å². The SMILES string of the molecule is CN(CCn1c(CCl)nc2c(Cl)cccc21)C1CCCC1. The first-order valence-corrected chi connectivity index (χ1v) is 8.52. The number of nitrogens with zero attached hydrogens (tertiary/aromatic N) is 3. The van der Waals surface area contributed by atoms with Gasteiger partial charge in [-0.15, -0.1) is 11.6 Å². The van der Waals surface area contributed by atoms with Crippen molar-refractivity contribution in [3.8, 4) is 0 Å². The van der Waals surface area contributed by atoms with E-state index < -0.39 is 0 Å². The lowest BCUT2D eigenvalue weighted by Crippen LogP contribution is -2.32. The fourth-order valence-electron chi connectivity index (χ4n) is 3.30. The van der Waals surface area contributed by atoms with E-state index in [2.05, 4.69) is 27.6 Å². The molecule has 1 aliphatic rings. The van der Waals surface area contributed by atoms with Gasteiger partial charge in [0.15, 0.2) is 0 Å². The molecule has 0 atom stereocenters. The quantitative estimate of drug-likeness (QED) is 0.764. The fraction of sp³-hybridized carbons (Fsp3) is 0.562. The Balaban J connectivity index is 1.80. The highest BCUT2D eigenvalue weighted by atomic mass is 35.5. The van der Waals surface area contributed by atoms with Gasteiger partial charge in [-0.2, -0.15) is 0 Å². The molecule has 0 N–H and O–H groups in total. The Hall–Kier alpha value is -0.770. The summed E-state index contributed by atoms with van der Waals surface area (Å²) in [7, 11) is 2.22. The Morgan fingerprint density at radius 3 is 2.81 bits per heavy atom. The minimum Gasteiger partial charge on any atom is -0.326 e. The van der Waals surface area contributed by atoms with Gasteiger partial charge in [-0.25, -0.2) is 4.98 Å². The number of imidazole rings is 1. The number of hydrogen-bond acceptors (Lipinski definition) is 2. The van der Waals surface area contributed by atoms with Crippen LogP contribution in [0.3, 0.4) is 0 Å². The van der Waals surface area contributed by atoms with E-state index in [1.54, 1.807) is 0 Å². The zero-order valence-electron chi connectivity index (χ0n) is 12.4. The summed E-state index contributed by atoms with van der Waals surface area (Å²) >= 11 is 12.3. The van der Waals surface area contributed by atoms with Crippen LogP contribution in [0, 0.1) is 0 Å². The molecule has 0 saturated heterocycles. The summed E-state index contributed by atoms with van der Waals surface area (Å²) in [6, 6.07) is 6.66. The standard InChI is InChI=1S/C16H21Cl2N3/c1-20(12-5-2-3-6-12)9-10-21-14-8-4-7-13(18)16(14)19-15(21)11-17/h4,7-8,12H,2-3,5-6,9-11H2,1H3. The summed E-state index contributed by atoms with van der Waals surface area (Å²) < 4.78 is 2.21. The van der Waals surface area contributed by atoms with E-state index in [1.807, 2.05) is 12.1 Å². The molecule has 0 amide bonds. The monoisotopic (exact) mass is 325 g/mol. The van der Waals surface area contributed by atoms with Gasteiger partial charge < -0.3 is 9.47 Å². The van der Waals surface area contributed by atoms with Gasteiger partial charge in [-0.3, -0.25) is 0 Å². The maximum absolute atomic E-state index is 6.24. The highest BCUT2D eigenvalue weighted by molar-refractivity contribution is 6.35. The predicted molar refractivity (Wildman–Crippen MR) is 89.2 cm³/mol. The number of benzene rings is 1. The zero-order chi connectivity index (χ0) is 14.8. The largest absolute Gasteiger partial charge is 0.326 e.